The van der Waals surface area contributed by atoms with Crippen molar-refractivity contribution < 1.29 is 14.3 Å². The Morgan fingerprint density at radius 1 is 1.29 bits per heavy atom. The lowest BCUT2D eigenvalue weighted by Crippen LogP contribution is -2.35. The average molecular weight is 241 g/mol. The number of hydrogen-bond donors (Lipinski definition) is 1. The van der Waals surface area contributed by atoms with Crippen LogP contribution in [-0.4, -0.2) is 38.4 Å². The summed E-state index contributed by atoms with van der Waals surface area (Å²) in [6.45, 7) is 3.74. The van der Waals surface area contributed by atoms with Crippen LogP contribution in [0.25, 0.3) is 0 Å². The van der Waals surface area contributed by atoms with Gasteiger partial charge in [0.05, 0.1) is 13.2 Å². The van der Waals surface area contributed by atoms with Crippen molar-refractivity contribution in [2.45, 2.75) is 38.6 Å². The summed E-state index contributed by atoms with van der Waals surface area (Å²) >= 11 is 0. The van der Waals surface area contributed by atoms with E-state index >= 15 is 0 Å². The summed E-state index contributed by atoms with van der Waals surface area (Å²) in [6.07, 6.45) is 5.55. The smallest absolute Gasteiger partial charge is 0.332 e. The highest BCUT2D eigenvalue weighted by Gasteiger charge is 2.40. The Kier molecular flexibility index (Phi) is 4.80. The second kappa shape index (κ2) is 6.36. The lowest BCUT2D eigenvalue weighted by Gasteiger charge is -2.17. The standard InChI is InChI=1S/C13H23NO3/c1-2-17-12(15)9-16-8-7-14-13(10-3-4-10)11-5-6-11/h10-11,13-14H,2-9H2,1H3. The molecule has 0 spiro atoms. The highest BCUT2D eigenvalue weighted by Crippen LogP contribution is 2.44. The van der Waals surface area contributed by atoms with E-state index in [4.69, 9.17) is 9.47 Å². The molecule has 4 heteroatoms. The van der Waals surface area contributed by atoms with E-state index in [1.54, 1.807) is 6.92 Å². The molecule has 0 saturated heterocycles. The van der Waals surface area contributed by atoms with Gasteiger partial charge in [0.2, 0.25) is 0 Å². The number of nitrogens with one attached hydrogen (secondary N) is 1. The summed E-state index contributed by atoms with van der Waals surface area (Å²) in [7, 11) is 0. The molecule has 0 aromatic rings. The molecule has 0 atom stereocenters. The SMILES string of the molecule is CCOC(=O)COCCNC(C1CC1)C1CC1. The number of carbonyl (C=O) groups is 1. The van der Waals surface area contributed by atoms with Crippen molar-refractivity contribution in [2.24, 2.45) is 11.8 Å². The molecule has 0 amide bonds. The number of rotatable bonds is 9. The summed E-state index contributed by atoms with van der Waals surface area (Å²) in [5.41, 5.74) is 0. The topological polar surface area (TPSA) is 47.6 Å². The molecule has 2 rings (SSSR count). The third kappa shape index (κ3) is 4.64. The minimum absolute atomic E-state index is 0.0764. The van der Waals surface area contributed by atoms with Gasteiger partial charge in [-0.15, -0.1) is 0 Å². The molecule has 17 heavy (non-hydrogen) atoms. The van der Waals surface area contributed by atoms with Crippen LogP contribution in [0.15, 0.2) is 0 Å². The van der Waals surface area contributed by atoms with Gasteiger partial charge in [0.15, 0.2) is 0 Å². The number of esters is 1. The van der Waals surface area contributed by atoms with Crippen LogP contribution in [-0.2, 0) is 14.3 Å². The van der Waals surface area contributed by atoms with Gasteiger partial charge in [-0.2, -0.15) is 0 Å². The van der Waals surface area contributed by atoms with Crippen molar-refractivity contribution in [3.05, 3.63) is 0 Å². The third-order valence-corrected chi connectivity index (χ3v) is 3.41. The zero-order valence-electron chi connectivity index (χ0n) is 10.6. The number of hydrogen-bond acceptors (Lipinski definition) is 4. The van der Waals surface area contributed by atoms with Gasteiger partial charge < -0.3 is 14.8 Å². The normalized spacial score (nSPS) is 19.6. The molecule has 0 aromatic heterocycles. The van der Waals surface area contributed by atoms with E-state index < -0.39 is 0 Å². The van der Waals surface area contributed by atoms with Crippen molar-refractivity contribution in [1.29, 1.82) is 0 Å². The molecular weight excluding hydrogens is 218 g/mol. The van der Waals surface area contributed by atoms with Crippen LogP contribution in [0.5, 0.6) is 0 Å². The van der Waals surface area contributed by atoms with E-state index in [0.29, 0.717) is 19.3 Å². The summed E-state index contributed by atoms with van der Waals surface area (Å²) in [5, 5.41) is 3.57. The monoisotopic (exact) mass is 241 g/mol. The zero-order chi connectivity index (χ0) is 12.1. The Labute approximate surface area is 103 Å². The Morgan fingerprint density at radius 2 is 1.94 bits per heavy atom. The van der Waals surface area contributed by atoms with Crippen LogP contribution in [0.1, 0.15) is 32.6 Å². The van der Waals surface area contributed by atoms with E-state index in [1.165, 1.54) is 25.7 Å². The van der Waals surface area contributed by atoms with Gasteiger partial charge in [-0.05, 0) is 44.4 Å². The quantitative estimate of drug-likeness (QED) is 0.489. The van der Waals surface area contributed by atoms with Crippen molar-refractivity contribution in [3.8, 4) is 0 Å². The van der Waals surface area contributed by atoms with Gasteiger partial charge in [-0.3, -0.25) is 0 Å². The maximum Gasteiger partial charge on any atom is 0.332 e. The van der Waals surface area contributed by atoms with E-state index in [1.807, 2.05) is 0 Å². The van der Waals surface area contributed by atoms with Crippen LogP contribution in [0.3, 0.4) is 0 Å². The first-order chi connectivity index (χ1) is 8.31. The van der Waals surface area contributed by atoms with E-state index in [0.717, 1.165) is 18.4 Å². The van der Waals surface area contributed by atoms with Gasteiger partial charge in [0.25, 0.3) is 0 Å². The van der Waals surface area contributed by atoms with Crippen molar-refractivity contribution in [3.63, 3.8) is 0 Å². The van der Waals surface area contributed by atoms with Crippen LogP contribution in [0.4, 0.5) is 0 Å². The molecule has 0 unspecified atom stereocenters. The molecule has 0 aliphatic heterocycles. The summed E-state index contributed by atoms with van der Waals surface area (Å²) in [6, 6.07) is 0.709. The van der Waals surface area contributed by atoms with Crippen molar-refractivity contribution in [2.75, 3.05) is 26.4 Å². The van der Waals surface area contributed by atoms with E-state index in [-0.39, 0.29) is 12.6 Å². The zero-order valence-corrected chi connectivity index (χ0v) is 10.6. The lowest BCUT2D eigenvalue weighted by molar-refractivity contribution is -0.148. The summed E-state index contributed by atoms with van der Waals surface area (Å²) in [4.78, 5) is 11.0. The highest BCUT2D eigenvalue weighted by molar-refractivity contribution is 5.70. The number of carbonyl (C=O) groups excluding carboxylic acids is 1. The molecule has 0 bridgehead atoms. The third-order valence-electron chi connectivity index (χ3n) is 3.41. The molecule has 0 heterocycles. The molecular formula is C13H23NO3. The number of ether oxygens (including phenoxy) is 2. The van der Waals surface area contributed by atoms with Crippen LogP contribution >= 0.6 is 0 Å². The first-order valence-corrected chi connectivity index (χ1v) is 6.78. The first kappa shape index (κ1) is 12.8. The Bertz CT molecular complexity index is 237. The van der Waals surface area contributed by atoms with Gasteiger partial charge in [-0.1, -0.05) is 0 Å². The maximum absolute atomic E-state index is 11.0. The Hall–Kier alpha value is -0.610. The minimum Gasteiger partial charge on any atom is -0.464 e. The Balaban J connectivity index is 1.49. The van der Waals surface area contributed by atoms with E-state index in [9.17, 15) is 4.79 Å². The summed E-state index contributed by atoms with van der Waals surface area (Å²) < 4.78 is 10.0. The van der Waals surface area contributed by atoms with Crippen molar-refractivity contribution >= 4 is 5.97 Å². The van der Waals surface area contributed by atoms with Gasteiger partial charge in [0, 0.05) is 12.6 Å². The van der Waals surface area contributed by atoms with Gasteiger partial charge in [-0.25, -0.2) is 4.79 Å². The molecule has 2 aliphatic carbocycles. The van der Waals surface area contributed by atoms with Crippen molar-refractivity contribution in [1.82, 2.24) is 5.32 Å². The second-order valence-electron chi connectivity index (χ2n) is 5.01. The molecule has 4 nitrogen and oxygen atoms in total. The predicted molar refractivity (Wildman–Crippen MR) is 64.7 cm³/mol. The maximum atomic E-state index is 11.0. The lowest BCUT2D eigenvalue weighted by atomic mass is 10.1. The fourth-order valence-electron chi connectivity index (χ4n) is 2.28. The van der Waals surface area contributed by atoms with Crippen LogP contribution in [0, 0.1) is 11.8 Å². The highest BCUT2D eigenvalue weighted by atomic mass is 16.6. The molecule has 2 aliphatic rings. The second-order valence-corrected chi connectivity index (χ2v) is 5.01. The average Bonchev–Trinajstić information content (AvgIpc) is 3.16. The Morgan fingerprint density at radius 3 is 2.47 bits per heavy atom. The van der Waals surface area contributed by atoms with E-state index in [2.05, 4.69) is 5.32 Å². The molecule has 1 N–H and O–H groups in total. The molecule has 2 fully saturated rings. The largest absolute Gasteiger partial charge is 0.464 e. The molecule has 0 aromatic carbocycles. The van der Waals surface area contributed by atoms with Crippen LogP contribution in [0.2, 0.25) is 0 Å². The molecule has 2 saturated carbocycles. The van der Waals surface area contributed by atoms with Gasteiger partial charge >= 0.3 is 5.97 Å². The fourth-order valence-corrected chi connectivity index (χ4v) is 2.28. The molecule has 0 radical (unpaired) electrons. The van der Waals surface area contributed by atoms with Crippen LogP contribution < -0.4 is 5.32 Å². The predicted octanol–water partition coefficient (Wildman–Crippen LogP) is 1.34. The minimum atomic E-state index is -0.270. The first-order valence-electron chi connectivity index (χ1n) is 6.78. The summed E-state index contributed by atoms with van der Waals surface area (Å²) in [5.74, 6) is 1.55. The molecule has 98 valence electrons. The fraction of sp³-hybridized carbons (Fsp3) is 0.923. The van der Waals surface area contributed by atoms with Gasteiger partial charge in [0.1, 0.15) is 6.61 Å².